The average molecular weight is 335 g/mol. The summed E-state index contributed by atoms with van der Waals surface area (Å²) in [5.41, 5.74) is 2.49. The second-order valence-electron chi connectivity index (χ2n) is 5.42. The lowest BCUT2D eigenvalue weighted by Crippen LogP contribution is -2.39. The molecule has 0 saturated heterocycles. The molecule has 2 aromatic rings. The molecule has 0 saturated carbocycles. The van der Waals surface area contributed by atoms with Crippen molar-refractivity contribution in [1.82, 2.24) is 5.16 Å². The molecule has 5 nitrogen and oxygen atoms in total. The van der Waals surface area contributed by atoms with Crippen LogP contribution in [-0.4, -0.2) is 24.2 Å². The molecule has 0 fully saturated rings. The number of benzene rings is 1. The summed E-state index contributed by atoms with van der Waals surface area (Å²) < 4.78 is 10.9. The van der Waals surface area contributed by atoms with E-state index in [-0.39, 0.29) is 12.3 Å². The molecule has 0 spiro atoms. The minimum atomic E-state index is 0.00409. The molecule has 122 valence electrons. The van der Waals surface area contributed by atoms with E-state index in [0.29, 0.717) is 23.9 Å². The number of hydrogen-bond donors (Lipinski definition) is 0. The Morgan fingerprint density at radius 2 is 2.17 bits per heavy atom. The van der Waals surface area contributed by atoms with Crippen LogP contribution in [0.3, 0.4) is 0 Å². The lowest BCUT2D eigenvalue weighted by Gasteiger charge is -2.29. The molecule has 0 bridgehead atoms. The number of fused-ring (bicyclic) bond motifs is 1. The maximum absolute atomic E-state index is 12.8. The number of halogens is 1. The van der Waals surface area contributed by atoms with Crippen molar-refractivity contribution in [3.63, 3.8) is 0 Å². The van der Waals surface area contributed by atoms with Gasteiger partial charge in [0, 0.05) is 17.0 Å². The Bertz CT molecular complexity index is 705. The lowest BCUT2D eigenvalue weighted by molar-refractivity contribution is -0.118. The maximum atomic E-state index is 12.8. The van der Waals surface area contributed by atoms with Gasteiger partial charge in [-0.25, -0.2) is 0 Å². The number of aryl methyl sites for hydroxylation is 2. The summed E-state index contributed by atoms with van der Waals surface area (Å²) in [5.74, 6) is 1.48. The predicted molar refractivity (Wildman–Crippen MR) is 88.3 cm³/mol. The molecule has 0 aliphatic carbocycles. The SMILES string of the molecule is CCc1noc(CC)c1CC(=O)N1CCOc2ccc(Cl)cc21. The largest absolute Gasteiger partial charge is 0.490 e. The zero-order chi connectivity index (χ0) is 16.4. The Hall–Kier alpha value is -2.01. The van der Waals surface area contributed by atoms with Gasteiger partial charge in [0.25, 0.3) is 0 Å². The molecule has 0 unspecified atom stereocenters. The number of ether oxygens (including phenoxy) is 1. The minimum absolute atomic E-state index is 0.00409. The first-order chi connectivity index (χ1) is 11.1. The fourth-order valence-electron chi connectivity index (χ4n) is 2.83. The van der Waals surface area contributed by atoms with E-state index in [4.69, 9.17) is 20.9 Å². The average Bonchev–Trinajstić information content (AvgIpc) is 2.95. The molecule has 6 heteroatoms. The van der Waals surface area contributed by atoms with Gasteiger partial charge in [-0.05, 0) is 24.6 Å². The third-order valence-electron chi connectivity index (χ3n) is 4.02. The summed E-state index contributed by atoms with van der Waals surface area (Å²) in [7, 11) is 0. The van der Waals surface area contributed by atoms with E-state index in [1.807, 2.05) is 13.8 Å². The molecule has 1 amide bonds. The third-order valence-corrected chi connectivity index (χ3v) is 4.26. The van der Waals surface area contributed by atoms with Gasteiger partial charge >= 0.3 is 0 Å². The van der Waals surface area contributed by atoms with Crippen LogP contribution in [0.2, 0.25) is 5.02 Å². The molecular weight excluding hydrogens is 316 g/mol. The zero-order valence-corrected chi connectivity index (χ0v) is 14.0. The second-order valence-corrected chi connectivity index (χ2v) is 5.86. The summed E-state index contributed by atoms with van der Waals surface area (Å²) in [6.07, 6.45) is 1.75. The molecule has 1 aromatic carbocycles. The van der Waals surface area contributed by atoms with E-state index in [1.165, 1.54) is 0 Å². The smallest absolute Gasteiger partial charge is 0.231 e. The first kappa shape index (κ1) is 15.9. The predicted octanol–water partition coefficient (Wildman–Crippen LogP) is 3.42. The maximum Gasteiger partial charge on any atom is 0.231 e. The van der Waals surface area contributed by atoms with Crippen molar-refractivity contribution in [3.05, 3.63) is 40.2 Å². The van der Waals surface area contributed by atoms with Crippen LogP contribution in [0, 0.1) is 0 Å². The highest BCUT2D eigenvalue weighted by molar-refractivity contribution is 6.31. The summed E-state index contributed by atoms with van der Waals surface area (Å²) >= 11 is 6.07. The van der Waals surface area contributed by atoms with Gasteiger partial charge in [0.2, 0.25) is 5.91 Å². The Morgan fingerprint density at radius 3 is 2.91 bits per heavy atom. The van der Waals surface area contributed by atoms with Gasteiger partial charge in [-0.1, -0.05) is 30.6 Å². The van der Waals surface area contributed by atoms with Crippen molar-refractivity contribution >= 4 is 23.2 Å². The molecular formula is C17H19ClN2O3. The van der Waals surface area contributed by atoms with Crippen LogP contribution in [0.25, 0.3) is 0 Å². The molecule has 3 rings (SSSR count). The van der Waals surface area contributed by atoms with Gasteiger partial charge in [-0.2, -0.15) is 0 Å². The van der Waals surface area contributed by atoms with Gasteiger partial charge in [-0.15, -0.1) is 0 Å². The molecule has 23 heavy (non-hydrogen) atoms. The van der Waals surface area contributed by atoms with E-state index in [0.717, 1.165) is 35.5 Å². The van der Waals surface area contributed by atoms with Gasteiger partial charge in [-0.3, -0.25) is 4.79 Å². The number of rotatable bonds is 4. The molecule has 1 aliphatic rings. The Morgan fingerprint density at radius 1 is 1.35 bits per heavy atom. The fourth-order valence-corrected chi connectivity index (χ4v) is 3.00. The van der Waals surface area contributed by atoms with Crippen LogP contribution in [0.5, 0.6) is 5.75 Å². The van der Waals surface area contributed by atoms with Gasteiger partial charge in [0.1, 0.15) is 18.1 Å². The van der Waals surface area contributed by atoms with Gasteiger partial charge < -0.3 is 14.2 Å². The van der Waals surface area contributed by atoms with Crippen LogP contribution in [0.1, 0.15) is 30.9 Å². The van der Waals surface area contributed by atoms with Crippen molar-refractivity contribution in [2.75, 3.05) is 18.1 Å². The quantitative estimate of drug-likeness (QED) is 0.859. The summed E-state index contributed by atoms with van der Waals surface area (Å²) in [5, 5.41) is 4.65. The highest BCUT2D eigenvalue weighted by Gasteiger charge is 2.26. The van der Waals surface area contributed by atoms with Crippen molar-refractivity contribution < 1.29 is 14.1 Å². The highest BCUT2D eigenvalue weighted by Crippen LogP contribution is 2.34. The van der Waals surface area contributed by atoms with E-state index in [1.54, 1.807) is 23.1 Å². The Labute approximate surface area is 140 Å². The molecule has 1 aliphatic heterocycles. The molecule has 0 N–H and O–H groups in total. The molecule has 1 aromatic heterocycles. The first-order valence-electron chi connectivity index (χ1n) is 7.83. The van der Waals surface area contributed by atoms with Crippen molar-refractivity contribution in [2.45, 2.75) is 33.1 Å². The fraction of sp³-hybridized carbons (Fsp3) is 0.412. The van der Waals surface area contributed by atoms with Crippen LogP contribution in [0.4, 0.5) is 5.69 Å². The summed E-state index contributed by atoms with van der Waals surface area (Å²) in [4.78, 5) is 14.6. The van der Waals surface area contributed by atoms with E-state index < -0.39 is 0 Å². The van der Waals surface area contributed by atoms with E-state index in [2.05, 4.69) is 5.16 Å². The topological polar surface area (TPSA) is 55.6 Å². The van der Waals surface area contributed by atoms with Gasteiger partial charge in [0.05, 0.1) is 24.3 Å². The van der Waals surface area contributed by atoms with E-state index in [9.17, 15) is 4.79 Å². The third kappa shape index (κ3) is 3.06. The zero-order valence-electron chi connectivity index (χ0n) is 13.3. The lowest BCUT2D eigenvalue weighted by atomic mass is 10.1. The number of nitrogens with zero attached hydrogens (tertiary/aromatic N) is 2. The standard InChI is InChI=1S/C17H19ClN2O3/c1-3-13-12(15(4-2)23-19-13)10-17(21)20-7-8-22-16-6-5-11(18)9-14(16)20/h5-6,9H,3-4,7-8,10H2,1-2H3. The molecule has 2 heterocycles. The summed E-state index contributed by atoms with van der Waals surface area (Å²) in [6, 6.07) is 5.33. The van der Waals surface area contributed by atoms with Crippen molar-refractivity contribution in [2.24, 2.45) is 0 Å². The van der Waals surface area contributed by atoms with Gasteiger partial charge in [0.15, 0.2) is 0 Å². The number of carbonyl (C=O) groups is 1. The Kier molecular flexibility index (Phi) is 4.57. The second kappa shape index (κ2) is 6.62. The molecule has 0 radical (unpaired) electrons. The molecule has 0 atom stereocenters. The highest BCUT2D eigenvalue weighted by atomic mass is 35.5. The number of hydrogen-bond acceptors (Lipinski definition) is 4. The Balaban J connectivity index is 1.88. The normalized spacial score (nSPS) is 13.6. The van der Waals surface area contributed by atoms with Crippen LogP contribution in [-0.2, 0) is 24.1 Å². The monoisotopic (exact) mass is 334 g/mol. The number of anilines is 1. The van der Waals surface area contributed by atoms with Crippen LogP contribution >= 0.6 is 11.6 Å². The minimum Gasteiger partial charge on any atom is -0.490 e. The van der Waals surface area contributed by atoms with Crippen molar-refractivity contribution in [1.29, 1.82) is 0 Å². The van der Waals surface area contributed by atoms with E-state index >= 15 is 0 Å². The number of aromatic nitrogens is 1. The van der Waals surface area contributed by atoms with Crippen LogP contribution < -0.4 is 9.64 Å². The number of amides is 1. The first-order valence-corrected chi connectivity index (χ1v) is 8.20. The van der Waals surface area contributed by atoms with Crippen LogP contribution in [0.15, 0.2) is 22.7 Å². The van der Waals surface area contributed by atoms with Crippen molar-refractivity contribution in [3.8, 4) is 5.75 Å². The number of carbonyl (C=O) groups excluding carboxylic acids is 1. The summed E-state index contributed by atoms with van der Waals surface area (Å²) in [6.45, 7) is 5.00.